The molecule has 1 nitrogen and oxygen atoms in total. The Kier molecular flexibility index (Phi) is 7.67. The third-order valence-corrected chi connectivity index (χ3v) is 13.1. The molecule has 0 unspecified atom stereocenters. The highest BCUT2D eigenvalue weighted by Crippen LogP contribution is 2.52. The minimum absolute atomic E-state index is 0.0536. The van der Waals surface area contributed by atoms with Gasteiger partial charge >= 0.3 is 0 Å². The molecule has 8 aromatic carbocycles. The molecule has 0 atom stereocenters. The monoisotopic (exact) mass is 725 g/mol. The van der Waals surface area contributed by atoms with Crippen molar-refractivity contribution in [1.29, 1.82) is 0 Å². The zero-order valence-corrected chi connectivity index (χ0v) is 32.8. The van der Waals surface area contributed by atoms with Gasteiger partial charge in [-0.25, -0.2) is 0 Å². The topological polar surface area (TPSA) is 3.24 Å². The van der Waals surface area contributed by atoms with E-state index in [1.165, 1.54) is 81.0 Å². The predicted molar refractivity (Wildman–Crippen MR) is 239 cm³/mol. The number of anilines is 3. The van der Waals surface area contributed by atoms with E-state index in [4.69, 9.17) is 0 Å². The van der Waals surface area contributed by atoms with E-state index >= 15 is 0 Å². The van der Waals surface area contributed by atoms with Gasteiger partial charge in [0.05, 0.1) is 5.69 Å². The normalized spacial score (nSPS) is 13.3. The summed E-state index contributed by atoms with van der Waals surface area (Å²) in [5.74, 6) is 0. The summed E-state index contributed by atoms with van der Waals surface area (Å²) in [6.07, 6.45) is 0. The Labute approximate surface area is 328 Å². The second-order valence-corrected chi connectivity index (χ2v) is 17.6. The van der Waals surface area contributed by atoms with E-state index in [9.17, 15) is 0 Å². The molecular weight excluding hydrogens is 683 g/mol. The van der Waals surface area contributed by atoms with E-state index in [0.29, 0.717) is 0 Å². The van der Waals surface area contributed by atoms with Crippen molar-refractivity contribution < 1.29 is 0 Å². The molecule has 10 rings (SSSR count). The lowest BCUT2D eigenvalue weighted by Crippen LogP contribution is -2.16. The Morgan fingerprint density at radius 2 is 1.15 bits per heavy atom. The second-order valence-electron chi connectivity index (χ2n) is 16.6. The summed E-state index contributed by atoms with van der Waals surface area (Å²) in [5, 5.41) is 5.11. The molecule has 0 amide bonds. The highest BCUT2D eigenvalue weighted by Gasteiger charge is 2.35. The van der Waals surface area contributed by atoms with E-state index in [1.54, 1.807) is 0 Å². The van der Waals surface area contributed by atoms with Gasteiger partial charge in [-0.05, 0) is 103 Å². The van der Waals surface area contributed by atoms with Crippen LogP contribution < -0.4 is 4.90 Å². The molecule has 0 spiro atoms. The van der Waals surface area contributed by atoms with Gasteiger partial charge < -0.3 is 4.90 Å². The number of fused-ring (bicyclic) bond motifs is 7. The third kappa shape index (κ3) is 5.42. The van der Waals surface area contributed by atoms with Gasteiger partial charge in [0.2, 0.25) is 0 Å². The number of rotatable bonds is 5. The molecule has 9 aromatic rings. The largest absolute Gasteiger partial charge is 0.310 e. The van der Waals surface area contributed by atoms with Gasteiger partial charge in [0.25, 0.3) is 0 Å². The van der Waals surface area contributed by atoms with E-state index in [2.05, 4.69) is 209 Å². The van der Waals surface area contributed by atoms with Crippen LogP contribution in [0.3, 0.4) is 0 Å². The van der Waals surface area contributed by atoms with Crippen LogP contribution in [0, 0.1) is 0 Å². The molecule has 1 aromatic heterocycles. The maximum absolute atomic E-state index is 2.49. The fourth-order valence-electron chi connectivity index (χ4n) is 8.95. The van der Waals surface area contributed by atoms with Gasteiger partial charge in [0.15, 0.2) is 0 Å². The highest BCUT2D eigenvalue weighted by molar-refractivity contribution is 7.26. The Hall–Kier alpha value is -5.96. The van der Waals surface area contributed by atoms with Crippen LogP contribution in [0.1, 0.15) is 51.3 Å². The molecule has 0 bridgehead atoms. The lowest BCUT2D eigenvalue weighted by atomic mass is 9.82. The standard InChI is InChI=1S/C53H43NS/c1-52(2,3)37-25-27-38(28-26-37)54(39-29-30-47-45(33-39)42-18-8-10-22-46(42)53(47,4)5)48-31-24-34-14-6-7-17-40(34)50(48)36-16-12-15-35(32-36)41-20-13-21-44-43-19-9-11-23-49(43)55-51(41)44/h6-33H,1-5H3. The summed E-state index contributed by atoms with van der Waals surface area (Å²) in [5.41, 5.74) is 15.1. The average molecular weight is 726 g/mol. The molecule has 0 aliphatic heterocycles. The molecule has 0 fully saturated rings. The van der Waals surface area contributed by atoms with Gasteiger partial charge in [-0.2, -0.15) is 0 Å². The molecule has 266 valence electrons. The predicted octanol–water partition coefficient (Wildman–Crippen LogP) is 15.6. The molecule has 1 heterocycles. The third-order valence-electron chi connectivity index (χ3n) is 11.8. The summed E-state index contributed by atoms with van der Waals surface area (Å²) in [6.45, 7) is 11.6. The summed E-state index contributed by atoms with van der Waals surface area (Å²) in [7, 11) is 0. The zero-order valence-electron chi connectivity index (χ0n) is 32.0. The van der Waals surface area contributed by atoms with E-state index < -0.39 is 0 Å². The number of hydrogen-bond acceptors (Lipinski definition) is 2. The number of hydrogen-bond donors (Lipinski definition) is 0. The van der Waals surface area contributed by atoms with Crippen LogP contribution in [0.15, 0.2) is 170 Å². The first-order valence-electron chi connectivity index (χ1n) is 19.3. The van der Waals surface area contributed by atoms with Gasteiger partial charge in [-0.1, -0.05) is 162 Å². The smallest absolute Gasteiger partial charge is 0.0546 e. The van der Waals surface area contributed by atoms with Gasteiger partial charge in [-0.3, -0.25) is 0 Å². The quantitative estimate of drug-likeness (QED) is 0.171. The lowest BCUT2D eigenvalue weighted by molar-refractivity contribution is 0.590. The van der Waals surface area contributed by atoms with Gasteiger partial charge in [-0.15, -0.1) is 11.3 Å². The van der Waals surface area contributed by atoms with Crippen LogP contribution in [0.25, 0.3) is 64.3 Å². The van der Waals surface area contributed by atoms with Crippen molar-refractivity contribution in [2.24, 2.45) is 0 Å². The van der Waals surface area contributed by atoms with E-state index in [-0.39, 0.29) is 10.8 Å². The van der Waals surface area contributed by atoms with Crippen LogP contribution >= 0.6 is 11.3 Å². The van der Waals surface area contributed by atoms with Crippen LogP contribution in [-0.4, -0.2) is 0 Å². The van der Waals surface area contributed by atoms with Crippen LogP contribution in [-0.2, 0) is 10.8 Å². The lowest BCUT2D eigenvalue weighted by Gasteiger charge is -2.30. The maximum atomic E-state index is 2.49. The minimum Gasteiger partial charge on any atom is -0.310 e. The molecular formula is C53H43NS. The minimum atomic E-state index is -0.0601. The van der Waals surface area contributed by atoms with Crippen LogP contribution in [0.4, 0.5) is 17.1 Å². The van der Waals surface area contributed by atoms with Crippen molar-refractivity contribution in [3.05, 3.63) is 187 Å². The molecule has 0 radical (unpaired) electrons. The van der Waals surface area contributed by atoms with Crippen molar-refractivity contribution in [1.82, 2.24) is 0 Å². The second kappa shape index (κ2) is 12.5. The maximum Gasteiger partial charge on any atom is 0.0546 e. The van der Waals surface area contributed by atoms with Crippen molar-refractivity contribution in [2.75, 3.05) is 4.90 Å². The Balaban J connectivity index is 1.21. The number of thiophene rings is 1. The van der Waals surface area contributed by atoms with Crippen LogP contribution in [0.2, 0.25) is 0 Å². The fourth-order valence-corrected chi connectivity index (χ4v) is 10.2. The van der Waals surface area contributed by atoms with Crippen molar-refractivity contribution in [3.63, 3.8) is 0 Å². The molecule has 0 N–H and O–H groups in total. The summed E-state index contributed by atoms with van der Waals surface area (Å²) in [6, 6.07) is 63.5. The SMILES string of the molecule is CC(C)(C)c1ccc(N(c2ccc3c(c2)-c2ccccc2C3(C)C)c2ccc3ccccc3c2-c2cccc(-c3cccc4c3sc3ccccc34)c2)cc1. The number of benzene rings is 8. The number of nitrogens with zero attached hydrogens (tertiary/aromatic N) is 1. The van der Waals surface area contributed by atoms with Gasteiger partial charge in [0.1, 0.15) is 0 Å². The molecule has 55 heavy (non-hydrogen) atoms. The Bertz CT molecular complexity index is 2940. The first kappa shape index (κ1) is 33.6. The average Bonchev–Trinajstić information content (AvgIpc) is 3.70. The fraction of sp³-hybridized carbons (Fsp3) is 0.132. The summed E-state index contributed by atoms with van der Waals surface area (Å²) in [4.78, 5) is 2.49. The van der Waals surface area contributed by atoms with Crippen molar-refractivity contribution >= 4 is 59.3 Å². The van der Waals surface area contributed by atoms with E-state index in [0.717, 1.165) is 17.1 Å². The van der Waals surface area contributed by atoms with Crippen molar-refractivity contribution in [2.45, 2.75) is 45.4 Å². The first-order chi connectivity index (χ1) is 26.7. The van der Waals surface area contributed by atoms with Gasteiger partial charge in [0, 0.05) is 42.5 Å². The Morgan fingerprint density at radius 1 is 0.491 bits per heavy atom. The molecule has 0 saturated heterocycles. The highest BCUT2D eigenvalue weighted by atomic mass is 32.1. The van der Waals surface area contributed by atoms with E-state index in [1.807, 2.05) is 11.3 Å². The summed E-state index contributed by atoms with van der Waals surface area (Å²) < 4.78 is 2.66. The molecule has 0 saturated carbocycles. The summed E-state index contributed by atoms with van der Waals surface area (Å²) >= 11 is 1.89. The molecule has 2 heteroatoms. The van der Waals surface area contributed by atoms with Crippen molar-refractivity contribution in [3.8, 4) is 33.4 Å². The molecule has 1 aliphatic rings. The molecule has 1 aliphatic carbocycles. The Morgan fingerprint density at radius 3 is 1.98 bits per heavy atom. The zero-order chi connectivity index (χ0) is 37.5. The first-order valence-corrected chi connectivity index (χ1v) is 20.2. The van der Waals surface area contributed by atoms with Crippen LogP contribution in [0.5, 0.6) is 0 Å².